The summed E-state index contributed by atoms with van der Waals surface area (Å²) in [5.74, 6) is 1.32. The first-order valence-electron chi connectivity index (χ1n) is 7.01. The first-order valence-corrected chi connectivity index (χ1v) is 7.01. The molecule has 0 saturated heterocycles. The molecule has 0 amide bonds. The van der Waals surface area contributed by atoms with E-state index in [1.807, 2.05) is 0 Å². The van der Waals surface area contributed by atoms with E-state index in [0.717, 1.165) is 32.8 Å². The molecule has 0 aliphatic carbocycles. The summed E-state index contributed by atoms with van der Waals surface area (Å²) in [6.07, 6.45) is 4.33. The maximum Gasteiger partial charge on any atom is 0.0645 e. The molecule has 0 bridgehead atoms. The second-order valence-corrected chi connectivity index (χ2v) is 5.75. The van der Waals surface area contributed by atoms with E-state index in [1.165, 1.54) is 5.56 Å². The Balaban J connectivity index is 2.17. The van der Waals surface area contributed by atoms with Crippen molar-refractivity contribution in [1.82, 2.24) is 9.88 Å². The normalized spacial score (nSPS) is 11.7. The van der Waals surface area contributed by atoms with E-state index in [1.54, 1.807) is 0 Å². The van der Waals surface area contributed by atoms with Crippen molar-refractivity contribution < 1.29 is 4.74 Å². The minimum atomic E-state index is 0.616. The molecule has 1 N–H and O–H groups in total. The predicted octanol–water partition coefficient (Wildman–Crippen LogP) is 2.91. The first kappa shape index (κ1) is 15.3. The van der Waals surface area contributed by atoms with Gasteiger partial charge in [0.1, 0.15) is 0 Å². The second kappa shape index (κ2) is 8.33. The third kappa shape index (κ3) is 6.82. The van der Waals surface area contributed by atoms with Gasteiger partial charge < -0.3 is 14.6 Å². The maximum atomic E-state index is 5.58. The maximum absolute atomic E-state index is 5.58. The van der Waals surface area contributed by atoms with Gasteiger partial charge in [-0.2, -0.15) is 0 Å². The van der Waals surface area contributed by atoms with Crippen molar-refractivity contribution in [1.29, 1.82) is 0 Å². The van der Waals surface area contributed by atoms with Crippen LogP contribution in [0.5, 0.6) is 0 Å². The highest BCUT2D eigenvalue weighted by atomic mass is 16.5. The Morgan fingerprint density at radius 1 is 1.22 bits per heavy atom. The third-order valence-electron chi connectivity index (χ3n) is 2.64. The first-order chi connectivity index (χ1) is 8.58. The SMILES string of the molecule is CC(C)CNCc1ccn(CCOCC(C)C)c1. The average Bonchev–Trinajstić information content (AvgIpc) is 2.72. The summed E-state index contributed by atoms with van der Waals surface area (Å²) in [6.45, 7) is 13.4. The molecule has 0 atom stereocenters. The fourth-order valence-corrected chi connectivity index (χ4v) is 1.73. The van der Waals surface area contributed by atoms with E-state index in [-0.39, 0.29) is 0 Å². The van der Waals surface area contributed by atoms with Crippen LogP contribution in [-0.2, 0) is 17.8 Å². The van der Waals surface area contributed by atoms with Crippen molar-refractivity contribution in [2.24, 2.45) is 11.8 Å². The highest BCUT2D eigenvalue weighted by Crippen LogP contribution is 2.02. The summed E-state index contributed by atoms with van der Waals surface area (Å²) in [6, 6.07) is 2.18. The van der Waals surface area contributed by atoms with Gasteiger partial charge in [-0.1, -0.05) is 27.7 Å². The predicted molar refractivity (Wildman–Crippen MR) is 76.6 cm³/mol. The Kier molecular flexibility index (Phi) is 7.06. The van der Waals surface area contributed by atoms with Gasteiger partial charge in [0.15, 0.2) is 0 Å². The van der Waals surface area contributed by atoms with Crippen molar-refractivity contribution in [3.8, 4) is 0 Å². The molecule has 0 fully saturated rings. The summed E-state index contributed by atoms with van der Waals surface area (Å²) in [5, 5.41) is 3.45. The largest absolute Gasteiger partial charge is 0.379 e. The zero-order valence-corrected chi connectivity index (χ0v) is 12.3. The summed E-state index contributed by atoms with van der Waals surface area (Å²) >= 11 is 0. The van der Waals surface area contributed by atoms with Crippen LogP contribution in [0.15, 0.2) is 18.5 Å². The number of nitrogens with zero attached hydrogens (tertiary/aromatic N) is 1. The summed E-state index contributed by atoms with van der Waals surface area (Å²) in [7, 11) is 0. The summed E-state index contributed by atoms with van der Waals surface area (Å²) < 4.78 is 7.79. The molecule has 0 radical (unpaired) electrons. The molecule has 0 aliphatic heterocycles. The Labute approximate surface area is 112 Å². The lowest BCUT2D eigenvalue weighted by Crippen LogP contribution is -2.18. The monoisotopic (exact) mass is 252 g/mol. The second-order valence-electron chi connectivity index (χ2n) is 5.75. The van der Waals surface area contributed by atoms with Crippen LogP contribution in [0.1, 0.15) is 33.3 Å². The number of hydrogen-bond acceptors (Lipinski definition) is 2. The van der Waals surface area contributed by atoms with Crippen LogP contribution in [-0.4, -0.2) is 24.3 Å². The van der Waals surface area contributed by atoms with Gasteiger partial charge in [-0.3, -0.25) is 0 Å². The fraction of sp³-hybridized carbons (Fsp3) is 0.733. The van der Waals surface area contributed by atoms with Crippen LogP contribution in [0.2, 0.25) is 0 Å². The molecule has 1 aromatic rings. The van der Waals surface area contributed by atoms with Crippen LogP contribution in [0, 0.1) is 11.8 Å². The standard InChI is InChI=1S/C15H28N2O/c1-13(2)9-16-10-15-5-6-17(11-15)7-8-18-12-14(3)4/h5-6,11,13-14,16H,7-10,12H2,1-4H3. The van der Waals surface area contributed by atoms with Gasteiger partial charge in [0.05, 0.1) is 6.61 Å². The number of nitrogens with one attached hydrogen (secondary N) is 1. The van der Waals surface area contributed by atoms with Gasteiger partial charge >= 0.3 is 0 Å². The van der Waals surface area contributed by atoms with Crippen molar-refractivity contribution >= 4 is 0 Å². The van der Waals surface area contributed by atoms with Crippen LogP contribution >= 0.6 is 0 Å². The van der Waals surface area contributed by atoms with E-state index >= 15 is 0 Å². The fourth-order valence-electron chi connectivity index (χ4n) is 1.73. The molecule has 1 aromatic heterocycles. The van der Waals surface area contributed by atoms with Gasteiger partial charge in [-0.15, -0.1) is 0 Å². The van der Waals surface area contributed by atoms with Gasteiger partial charge in [0.25, 0.3) is 0 Å². The minimum absolute atomic E-state index is 0.616. The quantitative estimate of drug-likeness (QED) is 0.684. The lowest BCUT2D eigenvalue weighted by Gasteiger charge is -2.07. The summed E-state index contributed by atoms with van der Waals surface area (Å²) in [5.41, 5.74) is 1.35. The van der Waals surface area contributed by atoms with Crippen LogP contribution < -0.4 is 5.32 Å². The molecule has 3 heteroatoms. The number of aromatic nitrogens is 1. The smallest absolute Gasteiger partial charge is 0.0645 e. The van der Waals surface area contributed by atoms with E-state index < -0.39 is 0 Å². The number of hydrogen-bond donors (Lipinski definition) is 1. The van der Waals surface area contributed by atoms with Crippen molar-refractivity contribution in [2.45, 2.75) is 40.8 Å². The van der Waals surface area contributed by atoms with Crippen molar-refractivity contribution in [3.63, 3.8) is 0 Å². The molecular weight excluding hydrogens is 224 g/mol. The van der Waals surface area contributed by atoms with Crippen molar-refractivity contribution in [3.05, 3.63) is 24.0 Å². The molecule has 0 aromatic carbocycles. The highest BCUT2D eigenvalue weighted by Gasteiger charge is 1.99. The molecular formula is C15H28N2O. The van der Waals surface area contributed by atoms with E-state index in [9.17, 15) is 0 Å². The van der Waals surface area contributed by atoms with Gasteiger partial charge in [-0.05, 0) is 30.0 Å². The van der Waals surface area contributed by atoms with E-state index in [2.05, 4.69) is 56.0 Å². The zero-order valence-electron chi connectivity index (χ0n) is 12.3. The number of rotatable bonds is 9. The molecule has 1 rings (SSSR count). The average molecular weight is 252 g/mol. The van der Waals surface area contributed by atoms with Crippen LogP contribution in [0.3, 0.4) is 0 Å². The van der Waals surface area contributed by atoms with Crippen LogP contribution in [0.25, 0.3) is 0 Å². The molecule has 0 aliphatic rings. The molecule has 3 nitrogen and oxygen atoms in total. The minimum Gasteiger partial charge on any atom is -0.379 e. The Morgan fingerprint density at radius 3 is 2.67 bits per heavy atom. The lowest BCUT2D eigenvalue weighted by molar-refractivity contribution is 0.103. The number of ether oxygens (including phenoxy) is 1. The van der Waals surface area contributed by atoms with E-state index in [4.69, 9.17) is 4.74 Å². The Morgan fingerprint density at radius 2 is 2.00 bits per heavy atom. The lowest BCUT2D eigenvalue weighted by atomic mass is 10.2. The highest BCUT2D eigenvalue weighted by molar-refractivity contribution is 5.09. The molecule has 0 saturated carbocycles. The Bertz CT molecular complexity index is 318. The van der Waals surface area contributed by atoms with Gasteiger partial charge in [-0.25, -0.2) is 0 Å². The third-order valence-corrected chi connectivity index (χ3v) is 2.64. The Hall–Kier alpha value is -0.800. The van der Waals surface area contributed by atoms with Crippen molar-refractivity contribution in [2.75, 3.05) is 19.8 Å². The topological polar surface area (TPSA) is 26.2 Å². The van der Waals surface area contributed by atoms with E-state index in [0.29, 0.717) is 11.8 Å². The molecule has 18 heavy (non-hydrogen) atoms. The van der Waals surface area contributed by atoms with Gasteiger partial charge in [0.2, 0.25) is 0 Å². The van der Waals surface area contributed by atoms with Crippen LogP contribution in [0.4, 0.5) is 0 Å². The molecule has 0 unspecified atom stereocenters. The van der Waals surface area contributed by atoms with Gasteiger partial charge in [0, 0.05) is 32.1 Å². The molecule has 104 valence electrons. The zero-order chi connectivity index (χ0) is 13.4. The summed E-state index contributed by atoms with van der Waals surface area (Å²) in [4.78, 5) is 0. The molecule has 0 spiro atoms. The molecule has 1 heterocycles.